The first kappa shape index (κ1) is 14.6. The third-order valence-electron chi connectivity index (χ3n) is 5.31. The van der Waals surface area contributed by atoms with E-state index < -0.39 is 0 Å². The molecule has 3 rings (SSSR count). The van der Waals surface area contributed by atoms with Crippen LogP contribution in [0.4, 0.5) is 0 Å². The molecule has 1 saturated carbocycles. The molecule has 2 fully saturated rings. The minimum atomic E-state index is -0.199. The van der Waals surface area contributed by atoms with Crippen LogP contribution in [0.3, 0.4) is 0 Å². The fourth-order valence-corrected chi connectivity index (χ4v) is 3.84. The van der Waals surface area contributed by atoms with Crippen LogP contribution in [0.15, 0.2) is 22.8 Å². The molecule has 1 amide bonds. The lowest BCUT2D eigenvalue weighted by molar-refractivity contribution is -0.144. The molecule has 1 aromatic heterocycles. The van der Waals surface area contributed by atoms with Gasteiger partial charge in [-0.1, -0.05) is 19.8 Å². The van der Waals surface area contributed by atoms with E-state index in [9.17, 15) is 4.79 Å². The number of furan rings is 1. The van der Waals surface area contributed by atoms with Gasteiger partial charge in [0.2, 0.25) is 5.91 Å². The van der Waals surface area contributed by atoms with Crippen LogP contribution in [0.1, 0.15) is 51.2 Å². The Morgan fingerprint density at radius 2 is 2.29 bits per heavy atom. The Morgan fingerprint density at radius 3 is 2.86 bits per heavy atom. The summed E-state index contributed by atoms with van der Waals surface area (Å²) in [5.74, 6) is 1.23. The van der Waals surface area contributed by atoms with E-state index in [0.29, 0.717) is 18.5 Å². The molecular weight excluding hydrogens is 264 g/mol. The average Bonchev–Trinajstić information content (AvgIpc) is 3.26. The molecule has 1 aliphatic heterocycles. The van der Waals surface area contributed by atoms with Crippen molar-refractivity contribution in [2.45, 2.75) is 58.0 Å². The number of nitrogens with one attached hydrogen (secondary N) is 1. The molecule has 0 aromatic carbocycles. The summed E-state index contributed by atoms with van der Waals surface area (Å²) < 4.78 is 5.49. The first-order valence-electron chi connectivity index (χ1n) is 8.29. The molecule has 1 N–H and O–H groups in total. The second-order valence-corrected chi connectivity index (χ2v) is 6.51. The minimum absolute atomic E-state index is 0.199. The van der Waals surface area contributed by atoms with Crippen LogP contribution in [-0.4, -0.2) is 29.9 Å². The molecule has 1 unspecified atom stereocenters. The van der Waals surface area contributed by atoms with Crippen molar-refractivity contribution in [3.8, 4) is 0 Å². The second-order valence-electron chi connectivity index (χ2n) is 6.51. The molecule has 0 spiro atoms. The van der Waals surface area contributed by atoms with Gasteiger partial charge in [0.1, 0.15) is 5.76 Å². The Hall–Kier alpha value is -1.29. The molecule has 4 nitrogen and oxygen atoms in total. The van der Waals surface area contributed by atoms with E-state index in [4.69, 9.17) is 4.42 Å². The van der Waals surface area contributed by atoms with E-state index in [1.165, 1.54) is 12.8 Å². The lowest BCUT2D eigenvalue weighted by Gasteiger charge is -2.36. The van der Waals surface area contributed by atoms with Gasteiger partial charge in [0.05, 0.1) is 18.2 Å². The maximum atomic E-state index is 13.3. The molecule has 116 valence electrons. The van der Waals surface area contributed by atoms with Gasteiger partial charge in [-0.15, -0.1) is 0 Å². The summed E-state index contributed by atoms with van der Waals surface area (Å²) in [5, 5.41) is 3.38. The Labute approximate surface area is 126 Å². The lowest BCUT2D eigenvalue weighted by Crippen LogP contribution is -2.48. The van der Waals surface area contributed by atoms with E-state index in [2.05, 4.69) is 17.1 Å². The molecule has 1 atom stereocenters. The minimum Gasteiger partial charge on any atom is -0.467 e. The summed E-state index contributed by atoms with van der Waals surface area (Å²) in [7, 11) is 0. The van der Waals surface area contributed by atoms with E-state index in [0.717, 1.165) is 44.5 Å². The highest BCUT2D eigenvalue weighted by molar-refractivity contribution is 5.83. The van der Waals surface area contributed by atoms with Gasteiger partial charge in [-0.2, -0.15) is 0 Å². The van der Waals surface area contributed by atoms with Crippen LogP contribution in [0, 0.1) is 5.41 Å². The van der Waals surface area contributed by atoms with Gasteiger partial charge in [0.25, 0.3) is 0 Å². The molecular formula is C17H26N2O2. The zero-order valence-corrected chi connectivity index (χ0v) is 12.9. The van der Waals surface area contributed by atoms with Gasteiger partial charge >= 0.3 is 0 Å². The normalized spacial score (nSPS) is 26.3. The zero-order chi connectivity index (χ0) is 14.7. The van der Waals surface area contributed by atoms with Gasteiger partial charge in [-0.05, 0) is 44.4 Å². The van der Waals surface area contributed by atoms with Crippen LogP contribution in [-0.2, 0) is 11.3 Å². The Kier molecular flexibility index (Phi) is 4.34. The van der Waals surface area contributed by atoms with Gasteiger partial charge in [0.15, 0.2) is 0 Å². The predicted octanol–water partition coefficient (Wildman–Crippen LogP) is 2.94. The summed E-state index contributed by atoms with van der Waals surface area (Å²) in [5.41, 5.74) is -0.199. The van der Waals surface area contributed by atoms with Crippen LogP contribution in [0.2, 0.25) is 0 Å². The third kappa shape index (κ3) is 2.86. The highest BCUT2D eigenvalue weighted by Crippen LogP contribution is 2.35. The number of carbonyl (C=O) groups is 1. The van der Waals surface area contributed by atoms with Crippen LogP contribution >= 0.6 is 0 Å². The van der Waals surface area contributed by atoms with Crippen molar-refractivity contribution < 1.29 is 9.21 Å². The molecule has 0 radical (unpaired) electrons. The molecule has 21 heavy (non-hydrogen) atoms. The highest BCUT2D eigenvalue weighted by atomic mass is 16.3. The summed E-state index contributed by atoms with van der Waals surface area (Å²) in [6.07, 6.45) is 8.33. The van der Waals surface area contributed by atoms with Crippen molar-refractivity contribution in [3.05, 3.63) is 24.2 Å². The van der Waals surface area contributed by atoms with E-state index in [1.807, 2.05) is 12.1 Å². The lowest BCUT2D eigenvalue weighted by atomic mass is 9.82. The fourth-order valence-electron chi connectivity index (χ4n) is 3.84. The fraction of sp³-hybridized carbons (Fsp3) is 0.706. The summed E-state index contributed by atoms with van der Waals surface area (Å²) >= 11 is 0. The molecule has 2 heterocycles. The zero-order valence-electron chi connectivity index (χ0n) is 12.9. The molecule has 1 aromatic rings. The van der Waals surface area contributed by atoms with E-state index in [-0.39, 0.29) is 5.41 Å². The van der Waals surface area contributed by atoms with E-state index in [1.54, 1.807) is 6.26 Å². The largest absolute Gasteiger partial charge is 0.467 e. The van der Waals surface area contributed by atoms with Crippen molar-refractivity contribution in [1.82, 2.24) is 10.2 Å². The second kappa shape index (κ2) is 6.22. The van der Waals surface area contributed by atoms with Crippen molar-refractivity contribution in [2.75, 3.05) is 13.1 Å². The van der Waals surface area contributed by atoms with Gasteiger partial charge < -0.3 is 14.6 Å². The quantitative estimate of drug-likeness (QED) is 0.907. The standard InChI is InChI=1S/C17H26N2O2/c1-2-17(9-10-18-13-17)16(20)19(14-6-3-4-7-14)12-15-8-5-11-21-15/h5,8,11,14,18H,2-4,6-7,9-10,12-13H2,1H3. The maximum absolute atomic E-state index is 13.3. The molecule has 2 aliphatic rings. The third-order valence-corrected chi connectivity index (χ3v) is 5.31. The molecule has 1 aliphatic carbocycles. The van der Waals surface area contributed by atoms with Crippen LogP contribution < -0.4 is 5.32 Å². The number of amides is 1. The molecule has 4 heteroatoms. The maximum Gasteiger partial charge on any atom is 0.230 e. The first-order chi connectivity index (χ1) is 10.2. The number of carbonyl (C=O) groups excluding carboxylic acids is 1. The number of hydrogen-bond donors (Lipinski definition) is 1. The monoisotopic (exact) mass is 290 g/mol. The van der Waals surface area contributed by atoms with Crippen LogP contribution in [0.5, 0.6) is 0 Å². The highest BCUT2D eigenvalue weighted by Gasteiger charge is 2.44. The van der Waals surface area contributed by atoms with Crippen LogP contribution in [0.25, 0.3) is 0 Å². The molecule has 1 saturated heterocycles. The summed E-state index contributed by atoms with van der Waals surface area (Å²) in [6.45, 7) is 4.55. The number of nitrogens with zero attached hydrogens (tertiary/aromatic N) is 1. The summed E-state index contributed by atoms with van der Waals surface area (Å²) in [6, 6.07) is 4.27. The Morgan fingerprint density at radius 1 is 1.48 bits per heavy atom. The number of hydrogen-bond acceptors (Lipinski definition) is 3. The topological polar surface area (TPSA) is 45.5 Å². The van der Waals surface area contributed by atoms with E-state index >= 15 is 0 Å². The number of rotatable bonds is 5. The molecule has 0 bridgehead atoms. The van der Waals surface area contributed by atoms with Gasteiger partial charge in [0, 0.05) is 12.6 Å². The van der Waals surface area contributed by atoms with Gasteiger partial charge in [-0.25, -0.2) is 0 Å². The Bertz CT molecular complexity index is 457. The summed E-state index contributed by atoms with van der Waals surface area (Å²) in [4.78, 5) is 15.4. The SMILES string of the molecule is CCC1(C(=O)N(Cc2ccco2)C2CCCC2)CCNC1. The van der Waals surface area contributed by atoms with Gasteiger partial charge in [-0.3, -0.25) is 4.79 Å². The van der Waals surface area contributed by atoms with Crippen molar-refractivity contribution in [1.29, 1.82) is 0 Å². The first-order valence-corrected chi connectivity index (χ1v) is 8.29. The van der Waals surface area contributed by atoms with Crippen molar-refractivity contribution >= 4 is 5.91 Å². The average molecular weight is 290 g/mol. The smallest absolute Gasteiger partial charge is 0.230 e. The van der Waals surface area contributed by atoms with Crippen molar-refractivity contribution in [3.63, 3.8) is 0 Å². The Balaban J connectivity index is 1.81. The predicted molar refractivity (Wildman–Crippen MR) is 81.7 cm³/mol. The van der Waals surface area contributed by atoms with Crippen molar-refractivity contribution in [2.24, 2.45) is 5.41 Å².